The van der Waals surface area contributed by atoms with Crippen LogP contribution in [0.15, 0.2) is 23.1 Å². The maximum atomic E-state index is 3.19. The fraction of sp³-hybridized carbons (Fsp3) is 0.538. The molecule has 0 spiro atoms. The van der Waals surface area contributed by atoms with Gasteiger partial charge in [-0.1, -0.05) is 6.07 Å². The minimum absolute atomic E-state index is 0.953. The number of benzene rings is 1. The van der Waals surface area contributed by atoms with Gasteiger partial charge in [0.15, 0.2) is 0 Å². The molecule has 0 aliphatic rings. The molecule has 16 heavy (non-hydrogen) atoms. The molecule has 2 nitrogen and oxygen atoms in total. The van der Waals surface area contributed by atoms with E-state index in [-0.39, 0.29) is 0 Å². The van der Waals surface area contributed by atoms with Crippen LogP contribution in [0.3, 0.4) is 0 Å². The first-order chi connectivity index (χ1) is 7.63. The molecule has 1 aromatic rings. The van der Waals surface area contributed by atoms with Crippen molar-refractivity contribution in [2.45, 2.75) is 18.4 Å². The molecule has 1 aromatic carbocycles. The molecule has 1 N–H and O–H groups in total. The maximum Gasteiger partial charge on any atom is 0.0205 e. The van der Waals surface area contributed by atoms with Crippen molar-refractivity contribution in [2.24, 2.45) is 0 Å². The summed E-state index contributed by atoms with van der Waals surface area (Å²) in [7, 11) is 6.21. The standard InChI is InChI=1S/C13H22N2S/c1-11-9-13(16-8-7-15(3)4)6-5-12(11)10-14-2/h5-6,9,14H,7-8,10H2,1-4H3. The van der Waals surface area contributed by atoms with Crippen LogP contribution in [0.25, 0.3) is 0 Å². The van der Waals surface area contributed by atoms with E-state index in [1.165, 1.54) is 16.0 Å². The Morgan fingerprint density at radius 2 is 2.06 bits per heavy atom. The molecule has 0 unspecified atom stereocenters. The number of nitrogens with zero attached hydrogens (tertiary/aromatic N) is 1. The molecule has 0 saturated heterocycles. The van der Waals surface area contributed by atoms with Crippen molar-refractivity contribution < 1.29 is 0 Å². The number of rotatable bonds is 6. The molecule has 0 saturated carbocycles. The summed E-state index contributed by atoms with van der Waals surface area (Å²) in [5, 5.41) is 3.19. The van der Waals surface area contributed by atoms with Gasteiger partial charge in [-0.05, 0) is 51.3 Å². The Bertz CT molecular complexity index is 324. The van der Waals surface area contributed by atoms with E-state index in [4.69, 9.17) is 0 Å². The topological polar surface area (TPSA) is 15.3 Å². The molecule has 0 atom stereocenters. The highest BCUT2D eigenvalue weighted by Crippen LogP contribution is 2.21. The molecule has 3 heteroatoms. The quantitative estimate of drug-likeness (QED) is 0.766. The average molecular weight is 238 g/mol. The maximum absolute atomic E-state index is 3.19. The zero-order valence-electron chi connectivity index (χ0n) is 10.7. The fourth-order valence-corrected chi connectivity index (χ4v) is 2.61. The third kappa shape index (κ3) is 4.56. The number of nitrogens with one attached hydrogen (secondary N) is 1. The molecule has 0 aliphatic carbocycles. The molecule has 0 amide bonds. The molecule has 0 radical (unpaired) electrons. The van der Waals surface area contributed by atoms with E-state index >= 15 is 0 Å². The van der Waals surface area contributed by atoms with Crippen LogP contribution >= 0.6 is 11.8 Å². The van der Waals surface area contributed by atoms with E-state index < -0.39 is 0 Å². The van der Waals surface area contributed by atoms with Gasteiger partial charge in [-0.2, -0.15) is 0 Å². The van der Waals surface area contributed by atoms with E-state index in [9.17, 15) is 0 Å². The first-order valence-electron chi connectivity index (χ1n) is 5.65. The number of thioether (sulfide) groups is 1. The van der Waals surface area contributed by atoms with Crippen LogP contribution in [0, 0.1) is 6.92 Å². The lowest BCUT2D eigenvalue weighted by Gasteiger charge is -2.10. The predicted molar refractivity (Wildman–Crippen MR) is 73.2 cm³/mol. The smallest absolute Gasteiger partial charge is 0.0205 e. The molecule has 0 bridgehead atoms. The van der Waals surface area contributed by atoms with Gasteiger partial charge < -0.3 is 10.2 Å². The third-order valence-electron chi connectivity index (χ3n) is 2.49. The fourth-order valence-electron chi connectivity index (χ4n) is 1.49. The second kappa shape index (κ2) is 6.94. The summed E-state index contributed by atoms with van der Waals surface area (Å²) >= 11 is 1.93. The van der Waals surface area contributed by atoms with Gasteiger partial charge in [0.1, 0.15) is 0 Å². The van der Waals surface area contributed by atoms with Crippen molar-refractivity contribution >= 4 is 11.8 Å². The highest BCUT2D eigenvalue weighted by Gasteiger charge is 2.00. The summed E-state index contributed by atoms with van der Waals surface area (Å²) in [5.41, 5.74) is 2.77. The minimum Gasteiger partial charge on any atom is -0.316 e. The third-order valence-corrected chi connectivity index (χ3v) is 3.46. The number of hydrogen-bond donors (Lipinski definition) is 1. The summed E-state index contributed by atoms with van der Waals surface area (Å²) in [6.45, 7) is 4.26. The van der Waals surface area contributed by atoms with Crippen molar-refractivity contribution in [3.63, 3.8) is 0 Å². The average Bonchev–Trinajstić information content (AvgIpc) is 2.21. The molecule has 0 aromatic heterocycles. The first kappa shape index (κ1) is 13.6. The summed E-state index contributed by atoms with van der Waals surface area (Å²) in [6, 6.07) is 6.73. The van der Waals surface area contributed by atoms with Gasteiger partial charge in [0.2, 0.25) is 0 Å². The van der Waals surface area contributed by atoms with Gasteiger partial charge in [-0.3, -0.25) is 0 Å². The van der Waals surface area contributed by atoms with Gasteiger partial charge in [0.05, 0.1) is 0 Å². The Hall–Kier alpha value is -0.510. The van der Waals surface area contributed by atoms with Crippen LogP contribution < -0.4 is 5.32 Å². The Labute approximate surface area is 103 Å². The Kier molecular flexibility index (Phi) is 5.88. The summed E-state index contributed by atoms with van der Waals surface area (Å²) < 4.78 is 0. The second-order valence-electron chi connectivity index (χ2n) is 4.27. The molecular formula is C13H22N2S. The molecule has 0 fully saturated rings. The second-order valence-corrected chi connectivity index (χ2v) is 5.44. The summed E-state index contributed by atoms with van der Waals surface area (Å²) in [6.07, 6.45) is 0. The summed E-state index contributed by atoms with van der Waals surface area (Å²) in [4.78, 5) is 3.59. The zero-order valence-corrected chi connectivity index (χ0v) is 11.5. The zero-order chi connectivity index (χ0) is 12.0. The van der Waals surface area contributed by atoms with Gasteiger partial charge in [-0.25, -0.2) is 0 Å². The van der Waals surface area contributed by atoms with E-state index in [0.29, 0.717) is 0 Å². The van der Waals surface area contributed by atoms with Gasteiger partial charge in [-0.15, -0.1) is 11.8 Å². The monoisotopic (exact) mass is 238 g/mol. The van der Waals surface area contributed by atoms with Crippen molar-refractivity contribution in [3.8, 4) is 0 Å². The molecule has 0 aliphatic heterocycles. The van der Waals surface area contributed by atoms with Crippen molar-refractivity contribution in [1.82, 2.24) is 10.2 Å². The van der Waals surface area contributed by atoms with Crippen LogP contribution in [0.1, 0.15) is 11.1 Å². The highest BCUT2D eigenvalue weighted by molar-refractivity contribution is 7.99. The van der Waals surface area contributed by atoms with Crippen LogP contribution in [0.5, 0.6) is 0 Å². The van der Waals surface area contributed by atoms with E-state index in [1.807, 2.05) is 18.8 Å². The van der Waals surface area contributed by atoms with Crippen molar-refractivity contribution in [2.75, 3.05) is 33.4 Å². The Morgan fingerprint density at radius 1 is 1.31 bits per heavy atom. The van der Waals surface area contributed by atoms with Gasteiger partial charge in [0.25, 0.3) is 0 Å². The molecule has 90 valence electrons. The lowest BCUT2D eigenvalue weighted by Crippen LogP contribution is -2.14. The predicted octanol–water partition coefficient (Wildman–Crippen LogP) is 2.37. The van der Waals surface area contributed by atoms with Gasteiger partial charge in [0, 0.05) is 23.7 Å². The van der Waals surface area contributed by atoms with Crippen LogP contribution in [0.2, 0.25) is 0 Å². The number of aryl methyl sites for hydroxylation is 1. The highest BCUT2D eigenvalue weighted by atomic mass is 32.2. The number of hydrogen-bond acceptors (Lipinski definition) is 3. The van der Waals surface area contributed by atoms with Crippen LogP contribution in [-0.4, -0.2) is 38.3 Å². The first-order valence-corrected chi connectivity index (χ1v) is 6.63. The molecule has 0 heterocycles. The van der Waals surface area contributed by atoms with E-state index in [2.05, 4.69) is 49.4 Å². The SMILES string of the molecule is CNCc1ccc(SCCN(C)C)cc1C. The van der Waals surface area contributed by atoms with E-state index in [0.717, 1.165) is 18.8 Å². The van der Waals surface area contributed by atoms with E-state index in [1.54, 1.807) is 0 Å². The largest absolute Gasteiger partial charge is 0.316 e. The van der Waals surface area contributed by atoms with Crippen LogP contribution in [0.4, 0.5) is 0 Å². The van der Waals surface area contributed by atoms with Gasteiger partial charge >= 0.3 is 0 Å². The lowest BCUT2D eigenvalue weighted by molar-refractivity contribution is 0.437. The lowest BCUT2D eigenvalue weighted by atomic mass is 10.1. The van der Waals surface area contributed by atoms with Crippen molar-refractivity contribution in [3.05, 3.63) is 29.3 Å². The minimum atomic E-state index is 0.953. The molecular weight excluding hydrogens is 216 g/mol. The van der Waals surface area contributed by atoms with Crippen molar-refractivity contribution in [1.29, 1.82) is 0 Å². The molecule has 1 rings (SSSR count). The Balaban J connectivity index is 2.52. The van der Waals surface area contributed by atoms with Crippen LogP contribution in [-0.2, 0) is 6.54 Å². The summed E-state index contributed by atoms with van der Waals surface area (Å²) in [5.74, 6) is 1.15. The Morgan fingerprint density at radius 3 is 2.62 bits per heavy atom. The normalized spacial score (nSPS) is 11.1.